The standard InChI is InChI=1S/C15H15BrClFN2/c1-9-2-5-14(18)12(6-9)15(20-19)7-10-3-4-11(16)8-13(10)17/h2-6,8,15,20H,7,19H2,1H3. The molecule has 2 aromatic carbocycles. The van der Waals surface area contributed by atoms with E-state index in [1.165, 1.54) is 6.07 Å². The second kappa shape index (κ2) is 6.68. The molecule has 0 aliphatic carbocycles. The highest BCUT2D eigenvalue weighted by Crippen LogP contribution is 2.27. The van der Waals surface area contributed by atoms with Crippen molar-refractivity contribution in [2.45, 2.75) is 19.4 Å². The van der Waals surface area contributed by atoms with Crippen molar-refractivity contribution in [3.63, 3.8) is 0 Å². The predicted molar refractivity (Wildman–Crippen MR) is 84.1 cm³/mol. The zero-order valence-electron chi connectivity index (χ0n) is 11.0. The molecule has 0 saturated carbocycles. The number of aryl methyl sites for hydroxylation is 1. The number of benzene rings is 2. The second-order valence-electron chi connectivity index (χ2n) is 4.68. The molecule has 0 aliphatic rings. The molecule has 1 atom stereocenters. The third kappa shape index (κ3) is 3.58. The van der Waals surface area contributed by atoms with Crippen molar-refractivity contribution in [1.82, 2.24) is 5.43 Å². The van der Waals surface area contributed by atoms with Crippen LogP contribution in [0.4, 0.5) is 4.39 Å². The van der Waals surface area contributed by atoms with Crippen LogP contribution >= 0.6 is 27.5 Å². The lowest BCUT2D eigenvalue weighted by molar-refractivity contribution is 0.510. The largest absolute Gasteiger partial charge is 0.271 e. The summed E-state index contributed by atoms with van der Waals surface area (Å²) < 4.78 is 14.8. The fraction of sp³-hybridized carbons (Fsp3) is 0.200. The Hall–Kier alpha value is -0.940. The Kier molecular flexibility index (Phi) is 5.16. The van der Waals surface area contributed by atoms with Crippen LogP contribution in [0.2, 0.25) is 5.02 Å². The molecule has 20 heavy (non-hydrogen) atoms. The minimum absolute atomic E-state index is 0.271. The highest BCUT2D eigenvalue weighted by Gasteiger charge is 2.16. The first-order chi connectivity index (χ1) is 9.51. The van der Waals surface area contributed by atoms with Crippen LogP contribution in [-0.2, 0) is 6.42 Å². The predicted octanol–water partition coefficient (Wildman–Crippen LogP) is 4.30. The van der Waals surface area contributed by atoms with Crippen LogP contribution in [0.3, 0.4) is 0 Å². The van der Waals surface area contributed by atoms with Crippen LogP contribution in [0.1, 0.15) is 22.7 Å². The summed E-state index contributed by atoms with van der Waals surface area (Å²) in [5, 5.41) is 0.632. The van der Waals surface area contributed by atoms with Crippen molar-refractivity contribution in [1.29, 1.82) is 0 Å². The Morgan fingerprint density at radius 3 is 2.70 bits per heavy atom. The average Bonchev–Trinajstić information content (AvgIpc) is 2.41. The fourth-order valence-corrected chi connectivity index (χ4v) is 2.85. The van der Waals surface area contributed by atoms with Crippen LogP contribution in [0.25, 0.3) is 0 Å². The van der Waals surface area contributed by atoms with Gasteiger partial charge in [0.2, 0.25) is 0 Å². The first kappa shape index (κ1) is 15.4. The molecule has 0 fully saturated rings. The van der Waals surface area contributed by atoms with Gasteiger partial charge in [0.15, 0.2) is 0 Å². The summed E-state index contributed by atoms with van der Waals surface area (Å²) in [5.41, 5.74) is 5.12. The molecule has 0 bridgehead atoms. The molecule has 0 saturated heterocycles. The van der Waals surface area contributed by atoms with Gasteiger partial charge in [-0.3, -0.25) is 11.3 Å². The van der Waals surface area contributed by atoms with Crippen LogP contribution < -0.4 is 11.3 Å². The number of halogens is 3. The topological polar surface area (TPSA) is 38.0 Å². The molecule has 0 aromatic heterocycles. The van der Waals surface area contributed by atoms with Gasteiger partial charge in [-0.25, -0.2) is 4.39 Å². The molecular formula is C15H15BrClFN2. The zero-order chi connectivity index (χ0) is 14.7. The van der Waals surface area contributed by atoms with Crippen LogP contribution in [-0.4, -0.2) is 0 Å². The molecule has 0 amide bonds. The molecule has 0 radical (unpaired) electrons. The number of hydrogen-bond acceptors (Lipinski definition) is 2. The lowest BCUT2D eigenvalue weighted by atomic mass is 9.97. The maximum absolute atomic E-state index is 13.9. The molecule has 2 nitrogen and oxygen atoms in total. The van der Waals surface area contributed by atoms with E-state index in [9.17, 15) is 4.39 Å². The number of hydrogen-bond donors (Lipinski definition) is 2. The van der Waals surface area contributed by atoms with Gasteiger partial charge in [-0.15, -0.1) is 0 Å². The highest BCUT2D eigenvalue weighted by atomic mass is 79.9. The molecule has 3 N–H and O–H groups in total. The fourth-order valence-electron chi connectivity index (χ4n) is 2.10. The number of rotatable bonds is 4. The van der Waals surface area contributed by atoms with Crippen molar-refractivity contribution < 1.29 is 4.39 Å². The first-order valence-corrected chi connectivity index (χ1v) is 7.34. The minimum atomic E-state index is -0.325. The van der Waals surface area contributed by atoms with Gasteiger partial charge < -0.3 is 0 Å². The quantitative estimate of drug-likeness (QED) is 0.632. The molecule has 1 unspecified atom stereocenters. The Bertz CT molecular complexity index is 619. The smallest absolute Gasteiger partial charge is 0.128 e. The molecule has 5 heteroatoms. The normalized spacial score (nSPS) is 12.4. The van der Waals surface area contributed by atoms with E-state index in [2.05, 4.69) is 21.4 Å². The summed E-state index contributed by atoms with van der Waals surface area (Å²) in [7, 11) is 0. The first-order valence-electron chi connectivity index (χ1n) is 6.17. The third-order valence-electron chi connectivity index (χ3n) is 3.17. The van der Waals surface area contributed by atoms with E-state index in [0.29, 0.717) is 17.0 Å². The van der Waals surface area contributed by atoms with Crippen LogP contribution in [0.5, 0.6) is 0 Å². The van der Waals surface area contributed by atoms with Gasteiger partial charge in [0, 0.05) is 15.1 Å². The molecule has 0 aliphatic heterocycles. The second-order valence-corrected chi connectivity index (χ2v) is 6.01. The molecule has 106 valence electrons. The van der Waals surface area contributed by atoms with Gasteiger partial charge >= 0.3 is 0 Å². The zero-order valence-corrected chi connectivity index (χ0v) is 13.3. The third-order valence-corrected chi connectivity index (χ3v) is 4.01. The summed E-state index contributed by atoms with van der Waals surface area (Å²) in [6.45, 7) is 1.92. The number of nitrogens with two attached hydrogens (primary N) is 1. The number of hydrazine groups is 1. The lowest BCUT2D eigenvalue weighted by Crippen LogP contribution is -2.30. The van der Waals surface area contributed by atoms with Gasteiger partial charge in [-0.05, 0) is 37.1 Å². The van der Waals surface area contributed by atoms with Crippen molar-refractivity contribution >= 4 is 27.5 Å². The van der Waals surface area contributed by atoms with Crippen molar-refractivity contribution in [2.24, 2.45) is 5.84 Å². The minimum Gasteiger partial charge on any atom is -0.271 e. The average molecular weight is 358 g/mol. The summed E-state index contributed by atoms with van der Waals surface area (Å²) in [6, 6.07) is 10.3. The van der Waals surface area contributed by atoms with E-state index >= 15 is 0 Å². The molecule has 2 aromatic rings. The van der Waals surface area contributed by atoms with Gasteiger partial charge in [0.05, 0.1) is 6.04 Å². The summed E-state index contributed by atoms with van der Waals surface area (Å²) in [5.74, 6) is 5.31. The molecule has 2 rings (SSSR count). The van der Waals surface area contributed by atoms with Gasteiger partial charge in [-0.1, -0.05) is 51.3 Å². The van der Waals surface area contributed by atoms with E-state index in [0.717, 1.165) is 15.6 Å². The molecule has 0 heterocycles. The van der Waals surface area contributed by atoms with Crippen molar-refractivity contribution in [2.75, 3.05) is 0 Å². The Morgan fingerprint density at radius 2 is 2.05 bits per heavy atom. The number of nitrogens with one attached hydrogen (secondary N) is 1. The van der Waals surface area contributed by atoms with Gasteiger partial charge in [0.25, 0.3) is 0 Å². The highest BCUT2D eigenvalue weighted by molar-refractivity contribution is 9.10. The molecule has 0 spiro atoms. The van der Waals surface area contributed by atoms with Crippen LogP contribution in [0, 0.1) is 12.7 Å². The maximum atomic E-state index is 13.9. The van der Waals surface area contributed by atoms with E-state index in [1.54, 1.807) is 12.1 Å². The van der Waals surface area contributed by atoms with E-state index in [-0.39, 0.29) is 11.9 Å². The van der Waals surface area contributed by atoms with Crippen molar-refractivity contribution in [3.8, 4) is 0 Å². The monoisotopic (exact) mass is 356 g/mol. The summed E-state index contributed by atoms with van der Waals surface area (Å²) in [4.78, 5) is 0. The summed E-state index contributed by atoms with van der Waals surface area (Å²) >= 11 is 9.56. The van der Waals surface area contributed by atoms with E-state index in [4.69, 9.17) is 17.4 Å². The lowest BCUT2D eigenvalue weighted by Gasteiger charge is -2.18. The van der Waals surface area contributed by atoms with Gasteiger partial charge in [0.1, 0.15) is 5.82 Å². The SMILES string of the molecule is Cc1ccc(F)c(C(Cc2ccc(Br)cc2Cl)NN)c1. The Labute approximate surface area is 131 Å². The molecular weight excluding hydrogens is 343 g/mol. The van der Waals surface area contributed by atoms with Crippen LogP contribution in [0.15, 0.2) is 40.9 Å². The van der Waals surface area contributed by atoms with Gasteiger partial charge in [-0.2, -0.15) is 0 Å². The maximum Gasteiger partial charge on any atom is 0.128 e. The summed E-state index contributed by atoms with van der Waals surface area (Å²) in [6.07, 6.45) is 0.517. The Morgan fingerprint density at radius 1 is 1.30 bits per heavy atom. The van der Waals surface area contributed by atoms with E-state index in [1.807, 2.05) is 25.1 Å². The Balaban J connectivity index is 2.31. The van der Waals surface area contributed by atoms with Crippen molar-refractivity contribution in [3.05, 3.63) is 68.4 Å². The van der Waals surface area contributed by atoms with E-state index < -0.39 is 0 Å².